The van der Waals surface area contributed by atoms with Crippen molar-refractivity contribution in [1.29, 1.82) is 0 Å². The highest BCUT2D eigenvalue weighted by molar-refractivity contribution is 6.02. The number of nitrogens with one attached hydrogen (secondary N) is 1. The molecule has 0 aromatic heterocycles. The summed E-state index contributed by atoms with van der Waals surface area (Å²) in [7, 11) is 0. The van der Waals surface area contributed by atoms with Crippen LogP contribution in [0.15, 0.2) is 54.6 Å². The van der Waals surface area contributed by atoms with E-state index in [2.05, 4.69) is 11.4 Å². The van der Waals surface area contributed by atoms with Gasteiger partial charge in [-0.1, -0.05) is 48.6 Å². The summed E-state index contributed by atoms with van der Waals surface area (Å²) in [5, 5.41) is 5.05. The lowest BCUT2D eigenvalue weighted by molar-refractivity contribution is -0.152. The van der Waals surface area contributed by atoms with E-state index in [1.165, 1.54) is 0 Å². The van der Waals surface area contributed by atoms with Crippen molar-refractivity contribution >= 4 is 28.5 Å². The van der Waals surface area contributed by atoms with Crippen LogP contribution in [-0.2, 0) is 9.53 Å². The van der Waals surface area contributed by atoms with Crippen molar-refractivity contribution < 1.29 is 14.3 Å². The average molecular weight is 350 g/mol. The fraction of sp³-hybridized carbons (Fsp3) is 0.333. The quantitative estimate of drug-likeness (QED) is 0.673. The summed E-state index contributed by atoms with van der Waals surface area (Å²) in [6, 6.07) is 12.9. The van der Waals surface area contributed by atoms with Gasteiger partial charge >= 0.3 is 12.0 Å². The van der Waals surface area contributed by atoms with Crippen LogP contribution in [0.3, 0.4) is 0 Å². The molecule has 2 heterocycles. The third-order valence-corrected chi connectivity index (χ3v) is 5.23. The Labute approximate surface area is 152 Å². The molecule has 5 heteroatoms. The number of benzene rings is 2. The lowest BCUT2D eigenvalue weighted by atomic mass is 9.80. The van der Waals surface area contributed by atoms with Crippen LogP contribution in [0.1, 0.15) is 19.8 Å². The number of esters is 1. The number of rotatable bonds is 3. The number of nitrogens with zero attached hydrogens (tertiary/aromatic N) is 1. The summed E-state index contributed by atoms with van der Waals surface area (Å²) in [5.74, 6) is -0.295. The highest BCUT2D eigenvalue weighted by atomic mass is 16.5. The number of amides is 2. The molecule has 3 atom stereocenters. The van der Waals surface area contributed by atoms with Crippen molar-refractivity contribution in [1.82, 2.24) is 4.90 Å². The van der Waals surface area contributed by atoms with E-state index in [-0.39, 0.29) is 24.0 Å². The number of hydrogen-bond donors (Lipinski definition) is 1. The Morgan fingerprint density at radius 2 is 1.92 bits per heavy atom. The monoisotopic (exact) mass is 350 g/mol. The summed E-state index contributed by atoms with van der Waals surface area (Å²) in [6.07, 6.45) is 5.87. The maximum Gasteiger partial charge on any atom is 0.329 e. The molecule has 1 N–H and O–H groups in total. The number of anilines is 1. The van der Waals surface area contributed by atoms with Crippen LogP contribution >= 0.6 is 0 Å². The molecule has 2 aliphatic heterocycles. The highest BCUT2D eigenvalue weighted by Crippen LogP contribution is 2.36. The molecule has 26 heavy (non-hydrogen) atoms. The number of fused-ring (bicyclic) bond motifs is 3. The molecule has 1 saturated heterocycles. The average Bonchev–Trinajstić information content (AvgIpc) is 2.68. The normalized spacial score (nSPS) is 23.9. The van der Waals surface area contributed by atoms with Gasteiger partial charge in [-0.2, -0.15) is 0 Å². The summed E-state index contributed by atoms with van der Waals surface area (Å²) in [5.41, 5.74) is 0.751. The zero-order valence-corrected chi connectivity index (χ0v) is 14.7. The minimum absolute atomic E-state index is 0.0253. The third kappa shape index (κ3) is 2.83. The predicted molar refractivity (Wildman–Crippen MR) is 101 cm³/mol. The van der Waals surface area contributed by atoms with Crippen LogP contribution < -0.4 is 5.32 Å². The molecule has 0 radical (unpaired) electrons. The number of carbonyl (C=O) groups is 2. The minimum atomic E-state index is -0.548. The first-order chi connectivity index (χ1) is 12.7. The highest BCUT2D eigenvalue weighted by Gasteiger charge is 2.46. The Hall–Kier alpha value is -2.82. The largest absolute Gasteiger partial charge is 0.464 e. The van der Waals surface area contributed by atoms with Gasteiger partial charge in [-0.25, -0.2) is 9.59 Å². The van der Waals surface area contributed by atoms with Crippen molar-refractivity contribution in [3.05, 3.63) is 54.6 Å². The number of ether oxygens (including phenoxy) is 1. The SMILES string of the molecule is CCOC(=O)C1C2C=CC(CC2)N1C(=O)Nc1cccc2ccccc12. The smallest absolute Gasteiger partial charge is 0.329 e. The molecule has 5 nitrogen and oxygen atoms in total. The molecule has 0 saturated carbocycles. The zero-order chi connectivity index (χ0) is 18.1. The topological polar surface area (TPSA) is 58.6 Å². The van der Waals surface area contributed by atoms with Gasteiger partial charge in [0.05, 0.1) is 18.3 Å². The van der Waals surface area contributed by atoms with Crippen LogP contribution in [0.25, 0.3) is 10.8 Å². The summed E-state index contributed by atoms with van der Waals surface area (Å²) in [6.45, 7) is 2.10. The van der Waals surface area contributed by atoms with E-state index in [1.54, 1.807) is 11.8 Å². The van der Waals surface area contributed by atoms with Gasteiger partial charge in [-0.15, -0.1) is 0 Å². The van der Waals surface area contributed by atoms with Crippen molar-refractivity contribution in [3.63, 3.8) is 0 Å². The first kappa shape index (κ1) is 16.6. The van der Waals surface area contributed by atoms with Gasteiger partial charge in [0.1, 0.15) is 6.04 Å². The van der Waals surface area contributed by atoms with Gasteiger partial charge in [0.15, 0.2) is 0 Å². The number of urea groups is 1. The summed E-state index contributed by atoms with van der Waals surface area (Å²) < 4.78 is 5.24. The van der Waals surface area contributed by atoms with Gasteiger partial charge in [-0.3, -0.25) is 0 Å². The second-order valence-electron chi connectivity index (χ2n) is 6.75. The molecular weight excluding hydrogens is 328 g/mol. The molecule has 134 valence electrons. The first-order valence-electron chi connectivity index (χ1n) is 9.11. The van der Waals surface area contributed by atoms with Crippen molar-refractivity contribution in [2.45, 2.75) is 31.8 Å². The Bertz CT molecular complexity index is 871. The fourth-order valence-corrected chi connectivity index (χ4v) is 4.04. The molecule has 3 unspecified atom stereocenters. The third-order valence-electron chi connectivity index (χ3n) is 5.23. The van der Waals surface area contributed by atoms with Crippen molar-refractivity contribution in [2.24, 2.45) is 5.92 Å². The van der Waals surface area contributed by atoms with E-state index in [0.29, 0.717) is 6.61 Å². The molecule has 1 fully saturated rings. The van der Waals surface area contributed by atoms with Gasteiger partial charge in [-0.05, 0) is 31.2 Å². The fourth-order valence-electron chi connectivity index (χ4n) is 4.04. The van der Waals surface area contributed by atoms with Crippen LogP contribution in [0.2, 0.25) is 0 Å². The maximum absolute atomic E-state index is 13.1. The predicted octanol–water partition coefficient (Wildman–Crippen LogP) is 3.95. The Balaban J connectivity index is 1.63. The zero-order valence-electron chi connectivity index (χ0n) is 14.7. The van der Waals surface area contributed by atoms with E-state index < -0.39 is 6.04 Å². The van der Waals surface area contributed by atoms with Gasteiger partial charge < -0.3 is 15.0 Å². The summed E-state index contributed by atoms with van der Waals surface area (Å²) >= 11 is 0. The molecule has 2 amide bonds. The van der Waals surface area contributed by atoms with Gasteiger partial charge in [0.2, 0.25) is 0 Å². The molecule has 3 aliphatic rings. The maximum atomic E-state index is 13.1. The van der Waals surface area contributed by atoms with E-state index in [0.717, 1.165) is 29.3 Å². The number of piperidine rings is 1. The first-order valence-corrected chi connectivity index (χ1v) is 9.11. The molecule has 2 bridgehead atoms. The molecule has 0 spiro atoms. The van der Waals surface area contributed by atoms with Gasteiger partial charge in [0, 0.05) is 11.3 Å². The van der Waals surface area contributed by atoms with E-state index in [9.17, 15) is 9.59 Å². The molecule has 2 aromatic carbocycles. The van der Waals surface area contributed by atoms with Crippen molar-refractivity contribution in [3.8, 4) is 0 Å². The molecule has 5 rings (SSSR count). The number of carbonyl (C=O) groups excluding carboxylic acids is 2. The minimum Gasteiger partial charge on any atom is -0.464 e. The van der Waals surface area contributed by atoms with Crippen LogP contribution in [-0.4, -0.2) is 35.6 Å². The van der Waals surface area contributed by atoms with E-state index in [1.807, 2.05) is 48.5 Å². The van der Waals surface area contributed by atoms with Crippen LogP contribution in [0.4, 0.5) is 10.5 Å². The second-order valence-corrected chi connectivity index (χ2v) is 6.75. The van der Waals surface area contributed by atoms with E-state index in [4.69, 9.17) is 4.74 Å². The Morgan fingerprint density at radius 1 is 1.12 bits per heavy atom. The summed E-state index contributed by atoms with van der Waals surface area (Å²) in [4.78, 5) is 27.2. The van der Waals surface area contributed by atoms with E-state index >= 15 is 0 Å². The lowest BCUT2D eigenvalue weighted by Crippen LogP contribution is -2.60. The van der Waals surface area contributed by atoms with Crippen molar-refractivity contribution in [2.75, 3.05) is 11.9 Å². The standard InChI is InChI=1S/C21H22N2O3/c1-2-26-20(24)19-15-10-12-16(13-11-15)23(19)21(25)22-18-9-5-7-14-6-3-4-8-17(14)18/h3-10,12,15-16,19H,2,11,13H2,1H3,(H,22,25). The lowest BCUT2D eigenvalue weighted by Gasteiger charge is -2.46. The Morgan fingerprint density at radius 3 is 2.69 bits per heavy atom. The molecule has 2 aromatic rings. The number of hydrogen-bond acceptors (Lipinski definition) is 3. The van der Waals surface area contributed by atoms with Crippen LogP contribution in [0.5, 0.6) is 0 Å². The Kier molecular flexibility index (Phi) is 4.37. The molecule has 1 aliphatic carbocycles. The van der Waals surface area contributed by atoms with Crippen LogP contribution in [0, 0.1) is 5.92 Å². The van der Waals surface area contributed by atoms with Gasteiger partial charge in [0.25, 0.3) is 0 Å². The molecular formula is C21H22N2O3. The second kappa shape index (κ2) is 6.83.